The standard InChI is InChI=1S/C29H35N5.C7H17N/c1-11-13-18-34-23(7)26(19-30)28(32(9)12-2)27(34)24(8)33(10)29(20(3)4)31-22(6)25-17-15-14-16-21(25)5;1-3-5-7-8-6-4-2/h12,14-17H,2,8,18H2,1,3-7,9-10H3;8H,3-7H2,1-2H3/b31-22-;. The average molecular weight is 569 g/mol. The molecule has 0 saturated heterocycles. The first-order valence-corrected chi connectivity index (χ1v) is 14.8. The number of aliphatic imine (C=N–C) groups is 1. The molecule has 0 unspecified atom stereocenters. The number of aromatic nitrogens is 1. The number of unbranched alkanes of at least 4 members (excludes halogenated alkanes) is 1. The van der Waals surface area contributed by atoms with Gasteiger partial charge >= 0.3 is 0 Å². The molecule has 0 spiro atoms. The number of allylic oxidation sites excluding steroid dienone is 1. The van der Waals surface area contributed by atoms with Crippen LogP contribution in [-0.2, 0) is 6.54 Å². The van der Waals surface area contributed by atoms with Gasteiger partial charge in [0.05, 0.1) is 29.2 Å². The molecule has 42 heavy (non-hydrogen) atoms. The van der Waals surface area contributed by atoms with Crippen molar-refractivity contribution in [2.75, 3.05) is 32.1 Å². The predicted molar refractivity (Wildman–Crippen MR) is 183 cm³/mol. The number of hydrogen-bond acceptors (Lipinski definition) is 5. The molecular formula is C36H52N6. The molecule has 0 fully saturated rings. The van der Waals surface area contributed by atoms with Gasteiger partial charge in [-0.25, -0.2) is 4.99 Å². The van der Waals surface area contributed by atoms with Crippen molar-refractivity contribution in [3.8, 4) is 17.9 Å². The van der Waals surface area contributed by atoms with Crippen LogP contribution in [0.25, 0.3) is 5.70 Å². The molecule has 2 aromatic rings. The van der Waals surface area contributed by atoms with Crippen LogP contribution in [0.4, 0.5) is 5.69 Å². The third kappa shape index (κ3) is 9.54. The maximum atomic E-state index is 9.96. The van der Waals surface area contributed by atoms with Crippen molar-refractivity contribution in [1.82, 2.24) is 14.8 Å². The SMILES string of the molecule is C=CN(C)c1c(C#N)c(C)n(CC#CC)c1C(=C)N(C)C(/N=C(/C)c1ccccc1C)=C(C)C.CCCCNCCC. The molecule has 1 aromatic carbocycles. The smallest absolute Gasteiger partial charge is 0.131 e. The van der Waals surface area contributed by atoms with E-state index in [4.69, 9.17) is 4.99 Å². The molecule has 0 saturated carbocycles. The van der Waals surface area contributed by atoms with Crippen molar-refractivity contribution in [2.45, 2.75) is 81.2 Å². The molecule has 0 radical (unpaired) electrons. The van der Waals surface area contributed by atoms with Gasteiger partial charge in [-0.1, -0.05) is 63.6 Å². The molecule has 6 heteroatoms. The Morgan fingerprint density at radius 3 is 2.29 bits per heavy atom. The van der Waals surface area contributed by atoms with Crippen LogP contribution < -0.4 is 10.2 Å². The van der Waals surface area contributed by atoms with Gasteiger partial charge in [0, 0.05) is 25.5 Å². The third-order valence-electron chi connectivity index (χ3n) is 7.04. The lowest BCUT2D eigenvalue weighted by molar-refractivity contribution is 0.572. The van der Waals surface area contributed by atoms with Gasteiger partial charge in [0.25, 0.3) is 0 Å². The summed E-state index contributed by atoms with van der Waals surface area (Å²) in [5.41, 5.74) is 8.01. The molecule has 0 aliphatic heterocycles. The normalized spacial score (nSPS) is 10.5. The molecule has 0 atom stereocenters. The van der Waals surface area contributed by atoms with Gasteiger partial charge in [0.2, 0.25) is 0 Å². The van der Waals surface area contributed by atoms with Gasteiger partial charge in [-0.2, -0.15) is 5.26 Å². The van der Waals surface area contributed by atoms with E-state index in [9.17, 15) is 5.26 Å². The monoisotopic (exact) mass is 568 g/mol. The maximum Gasteiger partial charge on any atom is 0.131 e. The van der Waals surface area contributed by atoms with Gasteiger partial charge in [0.15, 0.2) is 0 Å². The van der Waals surface area contributed by atoms with Crippen LogP contribution in [0.1, 0.15) is 88.9 Å². The molecule has 0 bridgehead atoms. The summed E-state index contributed by atoms with van der Waals surface area (Å²) in [4.78, 5) is 8.87. The fourth-order valence-electron chi connectivity index (χ4n) is 4.55. The number of aryl methyl sites for hydroxylation is 1. The average Bonchev–Trinajstić information content (AvgIpc) is 3.26. The summed E-state index contributed by atoms with van der Waals surface area (Å²) in [6.45, 7) is 27.5. The van der Waals surface area contributed by atoms with E-state index < -0.39 is 0 Å². The zero-order valence-corrected chi connectivity index (χ0v) is 27.8. The van der Waals surface area contributed by atoms with Crippen LogP contribution in [0, 0.1) is 37.0 Å². The second-order valence-corrected chi connectivity index (χ2v) is 10.5. The summed E-state index contributed by atoms with van der Waals surface area (Å²) in [5.74, 6) is 6.90. The molecule has 0 aliphatic carbocycles. The lowest BCUT2D eigenvalue weighted by atomic mass is 10.1. The number of anilines is 1. The minimum absolute atomic E-state index is 0.458. The zero-order valence-electron chi connectivity index (χ0n) is 27.8. The summed E-state index contributed by atoms with van der Waals surface area (Å²) >= 11 is 0. The van der Waals surface area contributed by atoms with Gasteiger partial charge < -0.3 is 19.7 Å². The zero-order chi connectivity index (χ0) is 31.8. The molecule has 0 aliphatic rings. The summed E-state index contributed by atoms with van der Waals surface area (Å²) in [5, 5.41) is 13.3. The van der Waals surface area contributed by atoms with Crippen molar-refractivity contribution in [1.29, 1.82) is 5.26 Å². The Morgan fingerprint density at radius 1 is 1.10 bits per heavy atom. The summed E-state index contributed by atoms with van der Waals surface area (Å²) in [6, 6.07) is 10.6. The minimum Gasteiger partial charge on any atom is -0.349 e. The van der Waals surface area contributed by atoms with Crippen LogP contribution in [0.5, 0.6) is 0 Å². The Kier molecular flexibility index (Phi) is 15.8. The molecular weight excluding hydrogens is 516 g/mol. The Morgan fingerprint density at radius 2 is 1.76 bits per heavy atom. The topological polar surface area (TPSA) is 59.6 Å². The Bertz CT molecular complexity index is 1360. The van der Waals surface area contributed by atoms with Gasteiger partial charge in [-0.15, -0.1) is 5.92 Å². The van der Waals surface area contributed by atoms with Crippen molar-refractivity contribution < 1.29 is 0 Å². The first-order valence-electron chi connectivity index (χ1n) is 14.8. The van der Waals surface area contributed by atoms with Crippen LogP contribution in [-0.4, -0.2) is 42.4 Å². The fourth-order valence-corrected chi connectivity index (χ4v) is 4.55. The number of nitrogens with zero attached hydrogens (tertiary/aromatic N) is 5. The van der Waals surface area contributed by atoms with Crippen LogP contribution in [0.3, 0.4) is 0 Å². The van der Waals surface area contributed by atoms with E-state index in [1.54, 1.807) is 6.20 Å². The molecule has 226 valence electrons. The second-order valence-electron chi connectivity index (χ2n) is 10.5. The highest BCUT2D eigenvalue weighted by Crippen LogP contribution is 2.37. The second kappa shape index (κ2) is 18.4. The minimum atomic E-state index is 0.458. The van der Waals surface area contributed by atoms with E-state index in [1.807, 2.05) is 75.2 Å². The van der Waals surface area contributed by atoms with E-state index >= 15 is 0 Å². The van der Waals surface area contributed by atoms with E-state index in [1.165, 1.54) is 37.9 Å². The first kappa shape index (κ1) is 36.0. The number of hydrogen-bond donors (Lipinski definition) is 1. The molecule has 1 N–H and O–H groups in total. The Balaban J connectivity index is 0.000000962. The Labute approximate surface area is 256 Å². The lowest BCUT2D eigenvalue weighted by Crippen LogP contribution is -2.21. The van der Waals surface area contributed by atoms with Gasteiger partial charge in [-0.3, -0.25) is 0 Å². The number of benzene rings is 1. The number of nitrogens with one attached hydrogen (secondary N) is 1. The van der Waals surface area contributed by atoms with E-state index in [0.717, 1.165) is 45.4 Å². The predicted octanol–water partition coefficient (Wildman–Crippen LogP) is 8.03. The quantitative estimate of drug-likeness (QED) is 0.151. The molecule has 1 heterocycles. The van der Waals surface area contributed by atoms with E-state index in [0.29, 0.717) is 12.1 Å². The van der Waals surface area contributed by atoms with Crippen molar-refractivity contribution in [2.24, 2.45) is 4.99 Å². The van der Waals surface area contributed by atoms with Crippen molar-refractivity contribution in [3.05, 3.63) is 83.1 Å². The highest BCUT2D eigenvalue weighted by atomic mass is 15.2. The lowest BCUT2D eigenvalue weighted by Gasteiger charge is -2.27. The van der Waals surface area contributed by atoms with Crippen LogP contribution in [0.15, 0.2) is 60.0 Å². The van der Waals surface area contributed by atoms with E-state index in [-0.39, 0.29) is 0 Å². The van der Waals surface area contributed by atoms with Gasteiger partial charge in [0.1, 0.15) is 11.9 Å². The van der Waals surface area contributed by atoms with Gasteiger partial charge in [-0.05, 0) is 90.4 Å². The summed E-state index contributed by atoms with van der Waals surface area (Å²) < 4.78 is 2.05. The number of rotatable bonds is 13. The molecule has 2 rings (SSSR count). The summed E-state index contributed by atoms with van der Waals surface area (Å²) in [7, 11) is 3.85. The van der Waals surface area contributed by atoms with Crippen LogP contribution >= 0.6 is 0 Å². The van der Waals surface area contributed by atoms with Crippen molar-refractivity contribution >= 4 is 17.1 Å². The van der Waals surface area contributed by atoms with Crippen molar-refractivity contribution in [3.63, 3.8) is 0 Å². The first-order chi connectivity index (χ1) is 20.0. The Hall–Kier alpha value is -4.00. The van der Waals surface area contributed by atoms with Crippen LogP contribution in [0.2, 0.25) is 0 Å². The largest absolute Gasteiger partial charge is 0.349 e. The fraction of sp³-hybridized carbons (Fsp3) is 0.444. The number of nitriles is 1. The molecule has 0 amide bonds. The summed E-state index contributed by atoms with van der Waals surface area (Å²) in [6.07, 6.45) is 5.57. The van der Waals surface area contributed by atoms with E-state index in [2.05, 4.69) is 69.3 Å². The maximum absolute atomic E-state index is 9.96. The highest BCUT2D eigenvalue weighted by molar-refractivity contribution is 6.00. The molecule has 1 aromatic heterocycles. The highest BCUT2D eigenvalue weighted by Gasteiger charge is 2.26. The molecule has 6 nitrogen and oxygen atoms in total. The third-order valence-corrected chi connectivity index (χ3v) is 7.04.